The van der Waals surface area contributed by atoms with Gasteiger partial charge in [-0.3, -0.25) is 4.90 Å². The molecule has 3 fully saturated rings. The Hall–Kier alpha value is -0.770. The SMILES string of the molecule is CC(C)(C)C1C[C@@]2(C3COC(=O)O3)CC2N1C(C)(C)C. The molecule has 4 atom stereocenters. The van der Waals surface area contributed by atoms with Crippen molar-refractivity contribution in [3.8, 4) is 0 Å². The molecule has 1 saturated carbocycles. The van der Waals surface area contributed by atoms with Gasteiger partial charge >= 0.3 is 6.16 Å². The van der Waals surface area contributed by atoms with Gasteiger partial charge in [0.1, 0.15) is 12.7 Å². The van der Waals surface area contributed by atoms with Gasteiger partial charge in [0.05, 0.1) is 0 Å². The number of carbonyl (C=O) groups excluding carboxylic acids is 1. The van der Waals surface area contributed by atoms with Gasteiger partial charge in [0, 0.05) is 23.0 Å². The maximum atomic E-state index is 11.3. The Balaban J connectivity index is 1.88. The largest absolute Gasteiger partial charge is 0.508 e. The molecule has 0 spiro atoms. The molecule has 0 aromatic carbocycles. The van der Waals surface area contributed by atoms with Crippen molar-refractivity contribution in [3.63, 3.8) is 0 Å². The van der Waals surface area contributed by atoms with Gasteiger partial charge in [-0.05, 0) is 39.0 Å². The lowest BCUT2D eigenvalue weighted by atomic mass is 9.79. The van der Waals surface area contributed by atoms with Crippen molar-refractivity contribution < 1.29 is 14.3 Å². The van der Waals surface area contributed by atoms with Crippen LogP contribution < -0.4 is 0 Å². The first-order valence-corrected chi connectivity index (χ1v) is 7.67. The van der Waals surface area contributed by atoms with E-state index in [0.717, 1.165) is 12.8 Å². The summed E-state index contributed by atoms with van der Waals surface area (Å²) >= 11 is 0. The number of rotatable bonds is 1. The highest BCUT2D eigenvalue weighted by atomic mass is 16.8. The zero-order valence-corrected chi connectivity index (χ0v) is 13.5. The molecule has 0 radical (unpaired) electrons. The molecule has 3 rings (SSSR count). The van der Waals surface area contributed by atoms with Gasteiger partial charge in [-0.25, -0.2) is 4.79 Å². The molecular formula is C16H27NO3. The second-order valence-corrected chi connectivity index (χ2v) is 8.78. The van der Waals surface area contributed by atoms with E-state index in [0.29, 0.717) is 18.7 Å². The molecule has 0 amide bonds. The van der Waals surface area contributed by atoms with Crippen molar-refractivity contribution in [1.29, 1.82) is 0 Å². The number of cyclic esters (lactones) is 2. The summed E-state index contributed by atoms with van der Waals surface area (Å²) in [4.78, 5) is 13.9. The van der Waals surface area contributed by atoms with Crippen molar-refractivity contribution in [2.24, 2.45) is 10.8 Å². The van der Waals surface area contributed by atoms with E-state index in [1.54, 1.807) is 0 Å². The van der Waals surface area contributed by atoms with Crippen LogP contribution in [0.4, 0.5) is 4.79 Å². The van der Waals surface area contributed by atoms with Gasteiger partial charge < -0.3 is 9.47 Å². The molecule has 3 unspecified atom stereocenters. The molecule has 1 aliphatic carbocycles. The Bertz CT molecular complexity index is 434. The third kappa shape index (κ3) is 1.95. The number of carbonyl (C=O) groups is 1. The van der Waals surface area contributed by atoms with E-state index < -0.39 is 6.16 Å². The molecule has 4 heteroatoms. The molecule has 4 nitrogen and oxygen atoms in total. The minimum atomic E-state index is -0.489. The minimum absolute atomic E-state index is 0.0443. The number of likely N-dealkylation sites (tertiary alicyclic amines) is 1. The van der Waals surface area contributed by atoms with Crippen molar-refractivity contribution in [1.82, 2.24) is 4.90 Å². The number of ether oxygens (including phenoxy) is 2. The summed E-state index contributed by atoms with van der Waals surface area (Å²) in [6.45, 7) is 14.2. The van der Waals surface area contributed by atoms with E-state index in [9.17, 15) is 4.79 Å². The summed E-state index contributed by atoms with van der Waals surface area (Å²) in [6.07, 6.45) is 1.71. The average Bonchev–Trinajstić information content (AvgIpc) is 2.68. The Morgan fingerprint density at radius 3 is 2.20 bits per heavy atom. The van der Waals surface area contributed by atoms with Gasteiger partial charge in [-0.2, -0.15) is 0 Å². The number of hydrogen-bond acceptors (Lipinski definition) is 4. The fourth-order valence-electron chi connectivity index (χ4n) is 4.32. The summed E-state index contributed by atoms with van der Waals surface area (Å²) in [5.41, 5.74) is 0.513. The van der Waals surface area contributed by atoms with Gasteiger partial charge in [0.2, 0.25) is 0 Å². The maximum absolute atomic E-state index is 11.3. The highest BCUT2D eigenvalue weighted by Gasteiger charge is 2.72. The molecule has 0 aromatic rings. The molecule has 2 aliphatic heterocycles. The number of nitrogens with zero attached hydrogens (tertiary/aromatic N) is 1. The Morgan fingerprint density at radius 2 is 1.80 bits per heavy atom. The van der Waals surface area contributed by atoms with Crippen LogP contribution in [0, 0.1) is 10.8 Å². The normalized spacial score (nSPS) is 41.3. The average molecular weight is 281 g/mol. The predicted octanol–water partition coefficient (Wildman–Crippen LogP) is 3.20. The molecule has 2 heterocycles. The summed E-state index contributed by atoms with van der Waals surface area (Å²) in [6, 6.07) is 1.06. The standard InChI is InChI=1S/C16H27NO3/c1-14(2,3)10-7-16(12-9-19-13(18)20-12)8-11(16)17(10)15(4,5)6/h10-12H,7-9H2,1-6H3/t10?,11?,12?,16-/m1/s1. The lowest BCUT2D eigenvalue weighted by Gasteiger charge is -2.45. The van der Waals surface area contributed by atoms with E-state index >= 15 is 0 Å². The van der Waals surface area contributed by atoms with Crippen LogP contribution in [0.3, 0.4) is 0 Å². The van der Waals surface area contributed by atoms with Gasteiger partial charge in [-0.1, -0.05) is 20.8 Å². The Labute approximate surface area is 121 Å². The van der Waals surface area contributed by atoms with E-state index in [-0.39, 0.29) is 22.5 Å². The zero-order valence-electron chi connectivity index (χ0n) is 13.5. The number of fused-ring (bicyclic) bond motifs is 1. The minimum Gasteiger partial charge on any atom is -0.430 e. The molecule has 114 valence electrons. The van der Waals surface area contributed by atoms with Crippen molar-refractivity contribution in [3.05, 3.63) is 0 Å². The van der Waals surface area contributed by atoms with Gasteiger partial charge in [-0.15, -0.1) is 0 Å². The Kier molecular flexibility index (Phi) is 2.77. The monoisotopic (exact) mass is 281 g/mol. The van der Waals surface area contributed by atoms with Crippen LogP contribution >= 0.6 is 0 Å². The summed E-state index contributed by atoms with van der Waals surface area (Å²) in [5, 5.41) is 0. The summed E-state index contributed by atoms with van der Waals surface area (Å²) in [5.74, 6) is 0. The molecule has 20 heavy (non-hydrogen) atoms. The molecule has 0 aromatic heterocycles. The second-order valence-electron chi connectivity index (χ2n) is 8.78. The molecule has 2 saturated heterocycles. The van der Waals surface area contributed by atoms with Crippen LogP contribution in [0.1, 0.15) is 54.4 Å². The molecule has 0 N–H and O–H groups in total. The summed E-state index contributed by atoms with van der Waals surface area (Å²) in [7, 11) is 0. The quantitative estimate of drug-likeness (QED) is 0.692. The lowest BCUT2D eigenvalue weighted by molar-refractivity contribution is 0.0359. The third-order valence-corrected chi connectivity index (χ3v) is 5.33. The van der Waals surface area contributed by atoms with Crippen LogP contribution in [0.15, 0.2) is 0 Å². The first-order valence-electron chi connectivity index (χ1n) is 7.67. The van der Waals surface area contributed by atoms with Crippen molar-refractivity contribution in [2.75, 3.05) is 6.61 Å². The lowest BCUT2D eigenvalue weighted by Crippen LogP contribution is -2.51. The van der Waals surface area contributed by atoms with Crippen LogP contribution in [-0.2, 0) is 9.47 Å². The van der Waals surface area contributed by atoms with E-state index in [1.165, 1.54) is 0 Å². The maximum Gasteiger partial charge on any atom is 0.508 e. The zero-order chi connectivity index (χ0) is 14.9. The topological polar surface area (TPSA) is 38.8 Å². The number of hydrogen-bond donors (Lipinski definition) is 0. The van der Waals surface area contributed by atoms with Crippen molar-refractivity contribution >= 4 is 6.16 Å². The highest BCUT2D eigenvalue weighted by molar-refractivity contribution is 5.62. The van der Waals surface area contributed by atoms with Crippen molar-refractivity contribution in [2.45, 2.75) is 78.1 Å². The summed E-state index contributed by atoms with van der Waals surface area (Å²) < 4.78 is 10.5. The fraction of sp³-hybridized carbons (Fsp3) is 0.938. The third-order valence-electron chi connectivity index (χ3n) is 5.33. The first kappa shape index (κ1) is 14.2. The van der Waals surface area contributed by atoms with Gasteiger partial charge in [0.25, 0.3) is 0 Å². The second kappa shape index (κ2) is 3.90. The van der Waals surface area contributed by atoms with Crippen LogP contribution in [0.2, 0.25) is 0 Å². The predicted molar refractivity (Wildman–Crippen MR) is 76.5 cm³/mol. The molecular weight excluding hydrogens is 254 g/mol. The van der Waals surface area contributed by atoms with Crippen LogP contribution in [-0.4, -0.2) is 41.4 Å². The van der Waals surface area contributed by atoms with E-state index in [1.807, 2.05) is 0 Å². The Morgan fingerprint density at radius 1 is 1.15 bits per heavy atom. The van der Waals surface area contributed by atoms with E-state index in [4.69, 9.17) is 9.47 Å². The van der Waals surface area contributed by atoms with Crippen LogP contribution in [0.25, 0.3) is 0 Å². The fourth-order valence-corrected chi connectivity index (χ4v) is 4.32. The molecule has 0 bridgehead atoms. The smallest absolute Gasteiger partial charge is 0.430 e. The highest BCUT2D eigenvalue weighted by Crippen LogP contribution is 2.66. The van der Waals surface area contributed by atoms with Gasteiger partial charge in [0.15, 0.2) is 0 Å². The van der Waals surface area contributed by atoms with Crippen LogP contribution in [0.5, 0.6) is 0 Å². The first-order chi connectivity index (χ1) is 9.06. The molecule has 3 aliphatic rings. The number of piperidine rings is 1. The van der Waals surface area contributed by atoms with E-state index in [2.05, 4.69) is 46.4 Å².